The molecule has 0 unspecified atom stereocenters. The Labute approximate surface area is 88.1 Å². The second-order valence-corrected chi connectivity index (χ2v) is 4.79. The molecule has 5 heteroatoms. The van der Waals surface area contributed by atoms with E-state index in [2.05, 4.69) is 14.7 Å². The van der Waals surface area contributed by atoms with Crippen LogP contribution in [-0.4, -0.2) is 22.4 Å². The molecule has 0 radical (unpaired) electrons. The molecule has 1 aromatic heterocycles. The molecular formula is C9H16N4S. The summed E-state index contributed by atoms with van der Waals surface area (Å²) in [6.07, 6.45) is 3.72. The van der Waals surface area contributed by atoms with Gasteiger partial charge in [0.05, 0.1) is 0 Å². The van der Waals surface area contributed by atoms with E-state index in [1.54, 1.807) is 0 Å². The molecule has 0 aliphatic heterocycles. The normalized spacial score (nSPS) is 18.1. The van der Waals surface area contributed by atoms with E-state index in [-0.39, 0.29) is 0 Å². The minimum absolute atomic E-state index is 0.467. The SMILES string of the molecule is Cc1nsc(NCC2(CCN)CC2)n1. The molecule has 1 heterocycles. The lowest BCUT2D eigenvalue weighted by Crippen LogP contribution is -2.19. The second-order valence-electron chi connectivity index (χ2n) is 4.04. The van der Waals surface area contributed by atoms with E-state index in [0.717, 1.165) is 30.5 Å². The largest absolute Gasteiger partial charge is 0.360 e. The van der Waals surface area contributed by atoms with Crippen LogP contribution in [0.15, 0.2) is 0 Å². The van der Waals surface area contributed by atoms with Gasteiger partial charge in [-0.2, -0.15) is 4.37 Å². The van der Waals surface area contributed by atoms with Crippen LogP contribution in [0.5, 0.6) is 0 Å². The number of aromatic nitrogens is 2. The van der Waals surface area contributed by atoms with E-state index in [1.807, 2.05) is 6.92 Å². The standard InChI is InChI=1S/C9H16N4S/c1-7-12-8(14-13-7)11-6-9(2-3-9)4-5-10/h2-6,10H2,1H3,(H,11,12,13). The van der Waals surface area contributed by atoms with Crippen LogP contribution < -0.4 is 11.1 Å². The first-order valence-corrected chi connectivity index (χ1v) is 5.76. The van der Waals surface area contributed by atoms with E-state index in [0.29, 0.717) is 5.41 Å². The molecule has 4 nitrogen and oxygen atoms in total. The molecule has 1 aliphatic rings. The van der Waals surface area contributed by atoms with Gasteiger partial charge in [0, 0.05) is 18.1 Å². The van der Waals surface area contributed by atoms with Crippen LogP contribution in [0.2, 0.25) is 0 Å². The molecule has 0 spiro atoms. The Morgan fingerprint density at radius 1 is 1.57 bits per heavy atom. The fourth-order valence-electron chi connectivity index (χ4n) is 1.63. The number of nitrogens with two attached hydrogens (primary N) is 1. The summed E-state index contributed by atoms with van der Waals surface area (Å²) in [6, 6.07) is 0. The van der Waals surface area contributed by atoms with Crippen LogP contribution in [-0.2, 0) is 0 Å². The number of hydrogen-bond acceptors (Lipinski definition) is 5. The average molecular weight is 212 g/mol. The molecule has 3 N–H and O–H groups in total. The van der Waals surface area contributed by atoms with Gasteiger partial charge in [0.15, 0.2) is 0 Å². The van der Waals surface area contributed by atoms with E-state index < -0.39 is 0 Å². The van der Waals surface area contributed by atoms with Gasteiger partial charge in [0.25, 0.3) is 0 Å². The molecule has 1 fully saturated rings. The highest BCUT2D eigenvalue weighted by molar-refractivity contribution is 7.09. The lowest BCUT2D eigenvalue weighted by atomic mass is 10.0. The molecule has 14 heavy (non-hydrogen) atoms. The summed E-state index contributed by atoms with van der Waals surface area (Å²) < 4.78 is 4.13. The summed E-state index contributed by atoms with van der Waals surface area (Å²) in [5.41, 5.74) is 6.04. The van der Waals surface area contributed by atoms with Crippen molar-refractivity contribution in [3.8, 4) is 0 Å². The van der Waals surface area contributed by atoms with Gasteiger partial charge in [-0.15, -0.1) is 0 Å². The quantitative estimate of drug-likeness (QED) is 0.774. The Kier molecular flexibility index (Phi) is 2.69. The van der Waals surface area contributed by atoms with Crippen molar-refractivity contribution in [2.75, 3.05) is 18.4 Å². The smallest absolute Gasteiger partial charge is 0.202 e. The van der Waals surface area contributed by atoms with Crippen LogP contribution in [0, 0.1) is 12.3 Å². The molecule has 0 atom stereocenters. The highest BCUT2D eigenvalue weighted by Gasteiger charge is 2.41. The third-order valence-electron chi connectivity index (χ3n) is 2.77. The molecular weight excluding hydrogens is 196 g/mol. The molecule has 0 aromatic carbocycles. The number of nitrogens with one attached hydrogen (secondary N) is 1. The first kappa shape index (κ1) is 9.86. The van der Waals surface area contributed by atoms with Gasteiger partial charge in [-0.1, -0.05) is 0 Å². The van der Waals surface area contributed by atoms with Crippen molar-refractivity contribution < 1.29 is 0 Å². The van der Waals surface area contributed by atoms with Crippen LogP contribution in [0.25, 0.3) is 0 Å². The predicted octanol–water partition coefficient (Wildman–Crippen LogP) is 1.39. The molecule has 2 rings (SSSR count). The number of anilines is 1. The highest BCUT2D eigenvalue weighted by atomic mass is 32.1. The fraction of sp³-hybridized carbons (Fsp3) is 0.778. The molecule has 1 saturated carbocycles. The molecule has 0 saturated heterocycles. The Bertz CT molecular complexity index is 306. The summed E-state index contributed by atoms with van der Waals surface area (Å²) >= 11 is 1.43. The molecule has 1 aliphatic carbocycles. The van der Waals surface area contributed by atoms with Gasteiger partial charge in [-0.25, -0.2) is 4.98 Å². The van der Waals surface area contributed by atoms with Gasteiger partial charge < -0.3 is 11.1 Å². The third kappa shape index (κ3) is 2.22. The van der Waals surface area contributed by atoms with Gasteiger partial charge >= 0.3 is 0 Å². The lowest BCUT2D eigenvalue weighted by Gasteiger charge is -2.13. The second kappa shape index (κ2) is 3.82. The van der Waals surface area contributed by atoms with E-state index in [9.17, 15) is 0 Å². The maximum Gasteiger partial charge on any atom is 0.202 e. The van der Waals surface area contributed by atoms with Crippen LogP contribution in [0.1, 0.15) is 25.1 Å². The maximum absolute atomic E-state index is 5.57. The number of hydrogen-bond donors (Lipinski definition) is 2. The van der Waals surface area contributed by atoms with E-state index >= 15 is 0 Å². The van der Waals surface area contributed by atoms with Crippen molar-refractivity contribution in [1.82, 2.24) is 9.36 Å². The average Bonchev–Trinajstić information content (AvgIpc) is 2.80. The minimum atomic E-state index is 0.467. The molecule has 78 valence electrons. The Morgan fingerprint density at radius 2 is 2.36 bits per heavy atom. The van der Waals surface area contributed by atoms with Crippen molar-refractivity contribution in [2.45, 2.75) is 26.2 Å². The Morgan fingerprint density at radius 3 is 2.86 bits per heavy atom. The molecule has 0 bridgehead atoms. The first-order chi connectivity index (χ1) is 6.74. The Hall–Kier alpha value is -0.680. The summed E-state index contributed by atoms with van der Waals surface area (Å²) in [5.74, 6) is 0.848. The molecule has 0 amide bonds. The lowest BCUT2D eigenvalue weighted by molar-refractivity contribution is 0.501. The van der Waals surface area contributed by atoms with Crippen molar-refractivity contribution >= 4 is 16.7 Å². The summed E-state index contributed by atoms with van der Waals surface area (Å²) in [4.78, 5) is 4.27. The third-order valence-corrected chi connectivity index (χ3v) is 3.54. The Balaban J connectivity index is 1.82. The van der Waals surface area contributed by atoms with Crippen molar-refractivity contribution in [2.24, 2.45) is 11.1 Å². The van der Waals surface area contributed by atoms with E-state index in [1.165, 1.54) is 24.4 Å². The zero-order chi connectivity index (χ0) is 10.0. The number of rotatable bonds is 5. The van der Waals surface area contributed by atoms with Crippen molar-refractivity contribution in [1.29, 1.82) is 0 Å². The van der Waals surface area contributed by atoms with Crippen molar-refractivity contribution in [3.63, 3.8) is 0 Å². The zero-order valence-electron chi connectivity index (χ0n) is 8.42. The number of nitrogens with zero attached hydrogens (tertiary/aromatic N) is 2. The van der Waals surface area contributed by atoms with Crippen LogP contribution >= 0.6 is 11.5 Å². The van der Waals surface area contributed by atoms with E-state index in [4.69, 9.17) is 5.73 Å². The van der Waals surface area contributed by atoms with Crippen LogP contribution in [0.3, 0.4) is 0 Å². The minimum Gasteiger partial charge on any atom is -0.360 e. The summed E-state index contributed by atoms with van der Waals surface area (Å²) in [5, 5.41) is 4.28. The number of aryl methyl sites for hydroxylation is 1. The van der Waals surface area contributed by atoms with Gasteiger partial charge in [0.1, 0.15) is 5.82 Å². The first-order valence-electron chi connectivity index (χ1n) is 4.98. The highest BCUT2D eigenvalue weighted by Crippen LogP contribution is 2.48. The molecule has 1 aromatic rings. The summed E-state index contributed by atoms with van der Waals surface area (Å²) in [6.45, 7) is 3.70. The van der Waals surface area contributed by atoms with Gasteiger partial charge in [0.2, 0.25) is 5.13 Å². The van der Waals surface area contributed by atoms with Gasteiger partial charge in [-0.05, 0) is 38.1 Å². The van der Waals surface area contributed by atoms with Gasteiger partial charge in [-0.3, -0.25) is 0 Å². The topological polar surface area (TPSA) is 63.8 Å². The zero-order valence-corrected chi connectivity index (χ0v) is 9.23. The summed E-state index contributed by atoms with van der Waals surface area (Å²) in [7, 11) is 0. The predicted molar refractivity (Wildman–Crippen MR) is 58.5 cm³/mol. The maximum atomic E-state index is 5.57. The van der Waals surface area contributed by atoms with Crippen LogP contribution in [0.4, 0.5) is 5.13 Å². The monoisotopic (exact) mass is 212 g/mol. The fourth-order valence-corrected chi connectivity index (χ4v) is 2.20. The van der Waals surface area contributed by atoms with Crippen molar-refractivity contribution in [3.05, 3.63) is 5.82 Å².